The van der Waals surface area contributed by atoms with E-state index in [0.717, 1.165) is 5.56 Å². The molecule has 19 heavy (non-hydrogen) atoms. The van der Waals surface area contributed by atoms with Gasteiger partial charge in [-0.15, -0.1) is 0 Å². The molecule has 0 heterocycles. The van der Waals surface area contributed by atoms with Gasteiger partial charge in [0.1, 0.15) is 5.82 Å². The van der Waals surface area contributed by atoms with E-state index in [4.69, 9.17) is 0 Å². The topological polar surface area (TPSA) is 20.3 Å². The second kappa shape index (κ2) is 5.65. The van der Waals surface area contributed by atoms with Crippen LogP contribution in [0, 0.1) is 12.7 Å². The van der Waals surface area contributed by atoms with Gasteiger partial charge in [-0.2, -0.15) is 0 Å². The molecule has 2 nitrogen and oxygen atoms in total. The average molecular weight is 257 g/mol. The monoisotopic (exact) mass is 257 g/mol. The normalized spacial score (nSPS) is 10.3. The number of nitrogens with zero attached hydrogens (tertiary/aromatic N) is 1. The Kier molecular flexibility index (Phi) is 3.95. The first kappa shape index (κ1) is 13.3. The standard InChI is InChI=1S/C16H16FNO/c1-12-10-14(8-9-15(12)17)16(19)18(2)11-13-6-4-3-5-7-13/h3-10H,11H2,1-2H3. The van der Waals surface area contributed by atoms with Crippen molar-refractivity contribution >= 4 is 5.91 Å². The molecule has 2 rings (SSSR count). The molecule has 98 valence electrons. The smallest absolute Gasteiger partial charge is 0.253 e. The first-order chi connectivity index (χ1) is 9.08. The van der Waals surface area contributed by atoms with Crippen molar-refractivity contribution in [3.63, 3.8) is 0 Å². The van der Waals surface area contributed by atoms with Crippen LogP contribution in [0.2, 0.25) is 0 Å². The molecule has 0 fully saturated rings. The lowest BCUT2D eigenvalue weighted by atomic mass is 10.1. The lowest BCUT2D eigenvalue weighted by Gasteiger charge is -2.17. The highest BCUT2D eigenvalue weighted by Crippen LogP contribution is 2.12. The third kappa shape index (κ3) is 3.19. The molecule has 0 aromatic heterocycles. The zero-order valence-electron chi connectivity index (χ0n) is 11.1. The second-order valence-corrected chi connectivity index (χ2v) is 4.61. The Bertz CT molecular complexity index is 581. The number of aryl methyl sites for hydroxylation is 1. The number of carbonyl (C=O) groups excluding carboxylic acids is 1. The quantitative estimate of drug-likeness (QED) is 0.825. The molecule has 0 spiro atoms. The number of hydrogen-bond acceptors (Lipinski definition) is 1. The van der Waals surface area contributed by atoms with E-state index in [1.54, 1.807) is 24.9 Å². The molecular formula is C16H16FNO. The summed E-state index contributed by atoms with van der Waals surface area (Å²) < 4.78 is 13.2. The lowest BCUT2D eigenvalue weighted by molar-refractivity contribution is 0.0785. The molecule has 0 atom stereocenters. The van der Waals surface area contributed by atoms with E-state index in [1.165, 1.54) is 12.1 Å². The maximum atomic E-state index is 13.2. The maximum Gasteiger partial charge on any atom is 0.253 e. The third-order valence-corrected chi connectivity index (χ3v) is 3.01. The van der Waals surface area contributed by atoms with Gasteiger partial charge in [-0.3, -0.25) is 4.79 Å². The Balaban J connectivity index is 2.12. The van der Waals surface area contributed by atoms with E-state index in [0.29, 0.717) is 17.7 Å². The van der Waals surface area contributed by atoms with E-state index in [-0.39, 0.29) is 11.7 Å². The molecule has 3 heteroatoms. The van der Waals surface area contributed by atoms with Crippen molar-refractivity contribution in [3.8, 4) is 0 Å². The first-order valence-corrected chi connectivity index (χ1v) is 6.13. The van der Waals surface area contributed by atoms with Crippen LogP contribution in [0.4, 0.5) is 4.39 Å². The Labute approximate surface area is 112 Å². The maximum absolute atomic E-state index is 13.2. The van der Waals surface area contributed by atoms with Crippen LogP contribution in [0.1, 0.15) is 21.5 Å². The molecule has 0 aliphatic rings. The summed E-state index contributed by atoms with van der Waals surface area (Å²) in [5.74, 6) is -0.394. The van der Waals surface area contributed by atoms with Gasteiger partial charge in [-0.25, -0.2) is 4.39 Å². The fourth-order valence-corrected chi connectivity index (χ4v) is 1.93. The van der Waals surface area contributed by atoms with Crippen LogP contribution in [0.25, 0.3) is 0 Å². The molecule has 0 N–H and O–H groups in total. The highest BCUT2D eigenvalue weighted by atomic mass is 19.1. The van der Waals surface area contributed by atoms with Crippen LogP contribution in [0.3, 0.4) is 0 Å². The van der Waals surface area contributed by atoms with E-state index in [2.05, 4.69) is 0 Å². The van der Waals surface area contributed by atoms with Gasteiger partial charge in [0.05, 0.1) is 0 Å². The SMILES string of the molecule is Cc1cc(C(=O)N(C)Cc2ccccc2)ccc1F. The van der Waals surface area contributed by atoms with Crippen molar-refractivity contribution in [1.82, 2.24) is 4.90 Å². The predicted octanol–water partition coefficient (Wildman–Crippen LogP) is 3.41. The van der Waals surface area contributed by atoms with E-state index < -0.39 is 0 Å². The number of halogens is 1. The van der Waals surface area contributed by atoms with Crippen molar-refractivity contribution in [2.24, 2.45) is 0 Å². The summed E-state index contributed by atoms with van der Waals surface area (Å²) in [6.45, 7) is 2.19. The molecule has 0 bridgehead atoms. The molecule has 0 aliphatic carbocycles. The predicted molar refractivity (Wildman–Crippen MR) is 73.4 cm³/mol. The minimum Gasteiger partial charge on any atom is -0.337 e. The van der Waals surface area contributed by atoms with E-state index in [9.17, 15) is 9.18 Å². The van der Waals surface area contributed by atoms with E-state index >= 15 is 0 Å². The number of carbonyl (C=O) groups is 1. The van der Waals surface area contributed by atoms with Crippen molar-refractivity contribution in [2.45, 2.75) is 13.5 Å². The fraction of sp³-hybridized carbons (Fsp3) is 0.188. The molecule has 0 radical (unpaired) electrons. The zero-order valence-corrected chi connectivity index (χ0v) is 11.1. The molecule has 0 aliphatic heterocycles. The molecule has 0 unspecified atom stereocenters. The van der Waals surface area contributed by atoms with Gasteiger partial charge in [0.15, 0.2) is 0 Å². The highest BCUT2D eigenvalue weighted by Gasteiger charge is 2.13. The minimum atomic E-state index is -0.290. The Morgan fingerprint density at radius 1 is 1.16 bits per heavy atom. The van der Waals surface area contributed by atoms with Gasteiger partial charge < -0.3 is 4.90 Å². The summed E-state index contributed by atoms with van der Waals surface area (Å²) in [7, 11) is 1.74. The Morgan fingerprint density at radius 3 is 2.47 bits per heavy atom. The summed E-state index contributed by atoms with van der Waals surface area (Å²) in [6.07, 6.45) is 0. The fourth-order valence-electron chi connectivity index (χ4n) is 1.93. The van der Waals surface area contributed by atoms with Crippen LogP contribution in [-0.4, -0.2) is 17.9 Å². The van der Waals surface area contributed by atoms with Gasteiger partial charge in [-0.1, -0.05) is 30.3 Å². The summed E-state index contributed by atoms with van der Waals surface area (Å²) in [5.41, 5.74) is 2.06. The van der Waals surface area contributed by atoms with Crippen LogP contribution < -0.4 is 0 Å². The van der Waals surface area contributed by atoms with Crippen LogP contribution in [-0.2, 0) is 6.54 Å². The van der Waals surface area contributed by atoms with Crippen molar-refractivity contribution in [1.29, 1.82) is 0 Å². The number of amides is 1. The molecular weight excluding hydrogens is 241 g/mol. The molecule has 0 saturated heterocycles. The average Bonchev–Trinajstić information content (AvgIpc) is 2.42. The lowest BCUT2D eigenvalue weighted by Crippen LogP contribution is -2.26. The largest absolute Gasteiger partial charge is 0.337 e. The zero-order chi connectivity index (χ0) is 13.8. The van der Waals surface area contributed by atoms with E-state index in [1.807, 2.05) is 30.3 Å². The van der Waals surface area contributed by atoms with Gasteiger partial charge in [0.2, 0.25) is 0 Å². The minimum absolute atomic E-state index is 0.105. The molecule has 1 amide bonds. The molecule has 0 saturated carbocycles. The van der Waals surface area contributed by atoms with Gasteiger partial charge in [0, 0.05) is 19.2 Å². The summed E-state index contributed by atoms with van der Waals surface area (Å²) in [5, 5.41) is 0. The summed E-state index contributed by atoms with van der Waals surface area (Å²) in [4.78, 5) is 13.8. The van der Waals surface area contributed by atoms with Crippen molar-refractivity contribution in [3.05, 3.63) is 71.0 Å². The van der Waals surface area contributed by atoms with Gasteiger partial charge >= 0.3 is 0 Å². The number of rotatable bonds is 3. The van der Waals surface area contributed by atoms with Crippen LogP contribution >= 0.6 is 0 Å². The van der Waals surface area contributed by atoms with Crippen LogP contribution in [0.15, 0.2) is 48.5 Å². The van der Waals surface area contributed by atoms with Crippen molar-refractivity contribution in [2.75, 3.05) is 7.05 Å². The third-order valence-electron chi connectivity index (χ3n) is 3.01. The second-order valence-electron chi connectivity index (χ2n) is 4.61. The molecule has 2 aromatic rings. The molecule has 2 aromatic carbocycles. The first-order valence-electron chi connectivity index (χ1n) is 6.13. The van der Waals surface area contributed by atoms with Gasteiger partial charge in [-0.05, 0) is 36.2 Å². The summed E-state index contributed by atoms with van der Waals surface area (Å²) in [6, 6.07) is 14.2. The number of hydrogen-bond donors (Lipinski definition) is 0. The van der Waals surface area contributed by atoms with Crippen LogP contribution in [0.5, 0.6) is 0 Å². The number of benzene rings is 2. The summed E-state index contributed by atoms with van der Waals surface area (Å²) >= 11 is 0. The Hall–Kier alpha value is -2.16. The van der Waals surface area contributed by atoms with Gasteiger partial charge in [0.25, 0.3) is 5.91 Å². The Morgan fingerprint density at radius 2 is 1.84 bits per heavy atom. The highest BCUT2D eigenvalue weighted by molar-refractivity contribution is 5.94. The van der Waals surface area contributed by atoms with Crippen molar-refractivity contribution < 1.29 is 9.18 Å².